The van der Waals surface area contributed by atoms with Crippen molar-refractivity contribution in [3.8, 4) is 0 Å². The highest BCUT2D eigenvalue weighted by molar-refractivity contribution is 6.09. The topological polar surface area (TPSA) is 91.7 Å². The Balaban J connectivity index is 1.84. The Hall–Kier alpha value is -3.23. The van der Waals surface area contributed by atoms with Crippen LogP contribution in [0.2, 0.25) is 0 Å². The molecule has 2 N–H and O–H groups in total. The Bertz CT molecular complexity index is 817. The van der Waals surface area contributed by atoms with Crippen molar-refractivity contribution in [3.05, 3.63) is 59.6 Å². The highest BCUT2D eigenvalue weighted by atomic mass is 19.1. The Morgan fingerprint density at radius 2 is 1.92 bits per heavy atom. The molecule has 1 saturated heterocycles. The van der Waals surface area contributed by atoms with E-state index >= 15 is 0 Å². The summed E-state index contributed by atoms with van der Waals surface area (Å²) in [5.74, 6) is -3.56. The Morgan fingerprint density at radius 1 is 1.25 bits per heavy atom. The SMILES string of the molecule is C[C@]1(c2ccco2)NC(=O)N(NC(=O)c2cc(F)cc(F)c2)C1=O. The van der Waals surface area contributed by atoms with E-state index in [-0.39, 0.29) is 11.3 Å². The summed E-state index contributed by atoms with van der Waals surface area (Å²) in [6, 6.07) is 4.29. The first-order valence-corrected chi connectivity index (χ1v) is 6.79. The van der Waals surface area contributed by atoms with Gasteiger partial charge in [0, 0.05) is 11.6 Å². The molecule has 2 heterocycles. The van der Waals surface area contributed by atoms with Crippen LogP contribution in [0.3, 0.4) is 0 Å². The molecular formula is C15H11F2N3O4. The fraction of sp³-hybridized carbons (Fsp3) is 0.133. The van der Waals surface area contributed by atoms with Crippen molar-refractivity contribution in [2.24, 2.45) is 0 Å². The van der Waals surface area contributed by atoms with Crippen LogP contribution in [0.1, 0.15) is 23.0 Å². The van der Waals surface area contributed by atoms with E-state index < -0.39 is 35.0 Å². The van der Waals surface area contributed by atoms with Gasteiger partial charge < -0.3 is 9.73 Å². The molecule has 3 rings (SSSR count). The van der Waals surface area contributed by atoms with Gasteiger partial charge in [-0.2, -0.15) is 5.01 Å². The standard InChI is InChI=1S/C15H11F2N3O4/c1-15(11-3-2-4-24-11)13(22)20(14(23)18-15)19-12(21)8-5-9(16)7-10(17)6-8/h2-7H,1H3,(H,18,23)(H,19,21)/t15-/m1/s1. The Labute approximate surface area is 134 Å². The summed E-state index contributed by atoms with van der Waals surface area (Å²) < 4.78 is 31.5. The van der Waals surface area contributed by atoms with Crippen LogP contribution in [-0.4, -0.2) is 22.9 Å². The van der Waals surface area contributed by atoms with E-state index in [1.807, 2.05) is 5.43 Å². The molecule has 0 bridgehead atoms. The average molecular weight is 335 g/mol. The number of nitrogens with one attached hydrogen (secondary N) is 2. The van der Waals surface area contributed by atoms with Crippen molar-refractivity contribution < 1.29 is 27.6 Å². The van der Waals surface area contributed by atoms with E-state index in [1.165, 1.54) is 25.3 Å². The highest BCUT2D eigenvalue weighted by Crippen LogP contribution is 2.28. The monoisotopic (exact) mass is 335 g/mol. The summed E-state index contributed by atoms with van der Waals surface area (Å²) in [6.07, 6.45) is 1.33. The van der Waals surface area contributed by atoms with Gasteiger partial charge in [0.15, 0.2) is 5.54 Å². The normalized spacial score (nSPS) is 20.2. The van der Waals surface area contributed by atoms with Crippen LogP contribution in [0.25, 0.3) is 0 Å². The molecule has 0 spiro atoms. The van der Waals surface area contributed by atoms with Crippen molar-refractivity contribution in [2.45, 2.75) is 12.5 Å². The predicted molar refractivity (Wildman–Crippen MR) is 75.3 cm³/mol. The van der Waals surface area contributed by atoms with Crippen LogP contribution >= 0.6 is 0 Å². The molecule has 0 saturated carbocycles. The van der Waals surface area contributed by atoms with Gasteiger partial charge in [-0.25, -0.2) is 13.6 Å². The zero-order chi connectivity index (χ0) is 17.5. The number of rotatable bonds is 3. The number of hydrogen-bond donors (Lipinski definition) is 2. The predicted octanol–water partition coefficient (Wildman–Crippen LogP) is 1.67. The minimum atomic E-state index is -1.50. The number of carbonyl (C=O) groups excluding carboxylic acids is 3. The summed E-state index contributed by atoms with van der Waals surface area (Å²) in [6.45, 7) is 1.40. The quantitative estimate of drug-likeness (QED) is 0.835. The number of halogens is 2. The van der Waals surface area contributed by atoms with Crippen molar-refractivity contribution in [2.75, 3.05) is 0 Å². The fourth-order valence-corrected chi connectivity index (χ4v) is 2.32. The number of benzene rings is 1. The Kier molecular flexibility index (Phi) is 3.55. The van der Waals surface area contributed by atoms with E-state index in [4.69, 9.17) is 4.42 Å². The van der Waals surface area contributed by atoms with E-state index in [0.29, 0.717) is 11.1 Å². The maximum absolute atomic E-state index is 13.2. The number of hydrogen-bond acceptors (Lipinski definition) is 4. The third kappa shape index (κ3) is 2.49. The van der Waals surface area contributed by atoms with Gasteiger partial charge in [0.05, 0.1) is 6.26 Å². The molecule has 1 fully saturated rings. The minimum absolute atomic E-state index is 0.175. The fourth-order valence-electron chi connectivity index (χ4n) is 2.32. The first-order chi connectivity index (χ1) is 11.3. The van der Waals surface area contributed by atoms with Crippen molar-refractivity contribution in [1.29, 1.82) is 0 Å². The Morgan fingerprint density at radius 3 is 2.50 bits per heavy atom. The molecule has 7 nitrogen and oxygen atoms in total. The lowest BCUT2D eigenvalue weighted by Gasteiger charge is -2.19. The van der Waals surface area contributed by atoms with Gasteiger partial charge in [-0.1, -0.05) is 0 Å². The van der Waals surface area contributed by atoms with Gasteiger partial charge in [0.2, 0.25) is 0 Å². The number of urea groups is 1. The van der Waals surface area contributed by atoms with E-state index in [0.717, 1.165) is 12.1 Å². The summed E-state index contributed by atoms with van der Waals surface area (Å²) in [4.78, 5) is 36.5. The molecule has 1 aliphatic rings. The summed E-state index contributed by atoms with van der Waals surface area (Å²) in [5.41, 5.74) is 0.150. The summed E-state index contributed by atoms with van der Waals surface area (Å²) in [7, 11) is 0. The minimum Gasteiger partial charge on any atom is -0.466 e. The van der Waals surface area contributed by atoms with Gasteiger partial charge >= 0.3 is 6.03 Å². The maximum Gasteiger partial charge on any atom is 0.344 e. The number of carbonyl (C=O) groups is 3. The molecule has 24 heavy (non-hydrogen) atoms. The van der Waals surface area contributed by atoms with Gasteiger partial charge in [-0.3, -0.25) is 15.0 Å². The molecule has 1 aromatic carbocycles. The first-order valence-electron chi connectivity index (χ1n) is 6.79. The lowest BCUT2D eigenvalue weighted by atomic mass is 10.00. The number of furan rings is 1. The maximum atomic E-state index is 13.2. The molecular weight excluding hydrogens is 324 g/mol. The zero-order valence-corrected chi connectivity index (χ0v) is 12.3. The number of nitrogens with zero attached hydrogens (tertiary/aromatic N) is 1. The van der Waals surface area contributed by atoms with Crippen LogP contribution in [0.5, 0.6) is 0 Å². The molecule has 9 heteroatoms. The van der Waals surface area contributed by atoms with Crippen LogP contribution in [0.15, 0.2) is 41.0 Å². The lowest BCUT2D eigenvalue weighted by Crippen LogP contribution is -2.47. The molecule has 124 valence electrons. The van der Waals surface area contributed by atoms with Crippen LogP contribution in [-0.2, 0) is 10.3 Å². The molecule has 0 radical (unpaired) electrons. The van der Waals surface area contributed by atoms with Crippen LogP contribution < -0.4 is 10.7 Å². The van der Waals surface area contributed by atoms with Crippen LogP contribution in [0, 0.1) is 11.6 Å². The van der Waals surface area contributed by atoms with Crippen molar-refractivity contribution in [3.63, 3.8) is 0 Å². The smallest absolute Gasteiger partial charge is 0.344 e. The van der Waals surface area contributed by atoms with Gasteiger partial charge in [0.1, 0.15) is 17.4 Å². The second-order valence-corrected chi connectivity index (χ2v) is 5.27. The third-order valence-corrected chi connectivity index (χ3v) is 3.54. The van der Waals surface area contributed by atoms with Crippen molar-refractivity contribution >= 4 is 17.8 Å². The zero-order valence-electron chi connectivity index (χ0n) is 12.3. The molecule has 0 aliphatic carbocycles. The summed E-state index contributed by atoms with van der Waals surface area (Å²) >= 11 is 0. The number of imide groups is 1. The molecule has 1 aliphatic heterocycles. The molecule has 2 aromatic rings. The van der Waals surface area contributed by atoms with Crippen molar-refractivity contribution in [1.82, 2.24) is 15.8 Å². The van der Waals surface area contributed by atoms with Gasteiger partial charge in [-0.15, -0.1) is 0 Å². The molecule has 1 atom stereocenters. The third-order valence-electron chi connectivity index (χ3n) is 3.54. The second kappa shape index (κ2) is 5.44. The van der Waals surface area contributed by atoms with Crippen LogP contribution in [0.4, 0.5) is 13.6 Å². The van der Waals surface area contributed by atoms with Gasteiger partial charge in [0.25, 0.3) is 11.8 Å². The van der Waals surface area contributed by atoms with E-state index in [1.54, 1.807) is 0 Å². The molecule has 1 aromatic heterocycles. The molecule has 0 unspecified atom stereocenters. The number of hydrazine groups is 1. The number of amides is 4. The van der Waals surface area contributed by atoms with Gasteiger partial charge in [-0.05, 0) is 31.2 Å². The molecule has 4 amide bonds. The van der Waals surface area contributed by atoms with E-state index in [2.05, 4.69) is 5.32 Å². The van der Waals surface area contributed by atoms with E-state index in [9.17, 15) is 23.2 Å². The highest BCUT2D eigenvalue weighted by Gasteiger charge is 2.52. The summed E-state index contributed by atoms with van der Waals surface area (Å²) in [5, 5.41) is 2.83. The lowest BCUT2D eigenvalue weighted by molar-refractivity contribution is -0.133. The first kappa shape index (κ1) is 15.7. The largest absolute Gasteiger partial charge is 0.466 e. The average Bonchev–Trinajstić information content (AvgIpc) is 3.11. The second-order valence-electron chi connectivity index (χ2n) is 5.27.